The minimum absolute atomic E-state index is 0.108. The number of carbonyl (C=O) groups is 1. The zero-order valence-electron chi connectivity index (χ0n) is 11.6. The zero-order chi connectivity index (χ0) is 14.3. The fourth-order valence-corrected chi connectivity index (χ4v) is 1.71. The van der Waals surface area contributed by atoms with Gasteiger partial charge in [-0.15, -0.1) is 0 Å². The standard InChI is InChI=1S/C13H21N3O3/c1-4-13(5-2,9-17)8-15-11-7-14-6-10(16-11)12(18)19-3/h6-7,17H,4-5,8-9H2,1-3H3,(H,15,16). The van der Waals surface area contributed by atoms with Gasteiger partial charge in [0.1, 0.15) is 5.82 Å². The van der Waals surface area contributed by atoms with Gasteiger partial charge in [-0.3, -0.25) is 4.98 Å². The number of hydrogen-bond acceptors (Lipinski definition) is 6. The summed E-state index contributed by atoms with van der Waals surface area (Å²) < 4.78 is 4.59. The molecule has 0 aliphatic carbocycles. The molecule has 0 fully saturated rings. The summed E-state index contributed by atoms with van der Waals surface area (Å²) in [7, 11) is 1.30. The molecular weight excluding hydrogens is 246 g/mol. The van der Waals surface area contributed by atoms with Crippen molar-refractivity contribution < 1.29 is 14.6 Å². The van der Waals surface area contributed by atoms with Crippen LogP contribution < -0.4 is 5.32 Å². The smallest absolute Gasteiger partial charge is 0.358 e. The van der Waals surface area contributed by atoms with E-state index in [-0.39, 0.29) is 17.7 Å². The Bertz CT molecular complexity index is 411. The number of aliphatic hydroxyl groups excluding tert-OH is 1. The fourth-order valence-electron chi connectivity index (χ4n) is 1.71. The Kier molecular flexibility index (Phi) is 5.69. The third-order valence-electron chi connectivity index (χ3n) is 3.51. The van der Waals surface area contributed by atoms with E-state index in [1.54, 1.807) is 6.20 Å². The van der Waals surface area contributed by atoms with Crippen molar-refractivity contribution in [2.24, 2.45) is 5.41 Å². The summed E-state index contributed by atoms with van der Waals surface area (Å²) in [6.07, 6.45) is 4.62. The Labute approximate surface area is 113 Å². The van der Waals surface area contributed by atoms with Crippen LogP contribution in [0.15, 0.2) is 12.4 Å². The summed E-state index contributed by atoms with van der Waals surface area (Å²) in [6, 6.07) is 0. The quantitative estimate of drug-likeness (QED) is 0.728. The lowest BCUT2D eigenvalue weighted by Gasteiger charge is -2.29. The van der Waals surface area contributed by atoms with Crippen molar-refractivity contribution in [2.75, 3.05) is 25.6 Å². The number of nitrogens with one attached hydrogen (secondary N) is 1. The lowest BCUT2D eigenvalue weighted by atomic mass is 9.83. The highest BCUT2D eigenvalue weighted by atomic mass is 16.5. The molecule has 2 N–H and O–H groups in total. The molecule has 0 aliphatic rings. The number of hydrogen-bond donors (Lipinski definition) is 2. The van der Waals surface area contributed by atoms with E-state index in [0.29, 0.717) is 12.4 Å². The van der Waals surface area contributed by atoms with E-state index in [1.165, 1.54) is 13.3 Å². The van der Waals surface area contributed by atoms with Crippen molar-refractivity contribution in [1.82, 2.24) is 9.97 Å². The number of methoxy groups -OCH3 is 1. The Morgan fingerprint density at radius 2 is 2.11 bits per heavy atom. The topological polar surface area (TPSA) is 84.3 Å². The lowest BCUT2D eigenvalue weighted by Crippen LogP contribution is -2.32. The van der Waals surface area contributed by atoms with E-state index in [1.807, 2.05) is 13.8 Å². The maximum atomic E-state index is 11.3. The van der Waals surface area contributed by atoms with Gasteiger partial charge >= 0.3 is 5.97 Å². The van der Waals surface area contributed by atoms with Gasteiger partial charge in [0.2, 0.25) is 0 Å². The predicted octanol–water partition coefficient (Wildman–Crippen LogP) is 1.47. The summed E-state index contributed by atoms with van der Waals surface area (Å²) in [5.41, 5.74) is -0.0155. The number of nitrogens with zero attached hydrogens (tertiary/aromatic N) is 2. The van der Waals surface area contributed by atoms with E-state index < -0.39 is 5.97 Å². The van der Waals surface area contributed by atoms with Crippen LogP contribution in [0.25, 0.3) is 0 Å². The van der Waals surface area contributed by atoms with E-state index in [0.717, 1.165) is 12.8 Å². The number of rotatable bonds is 7. The van der Waals surface area contributed by atoms with Gasteiger partial charge in [-0.25, -0.2) is 9.78 Å². The maximum absolute atomic E-state index is 11.3. The van der Waals surface area contributed by atoms with Crippen LogP contribution in [0.1, 0.15) is 37.2 Å². The summed E-state index contributed by atoms with van der Waals surface area (Å²) in [5.74, 6) is -0.0156. The molecule has 1 rings (SSSR count). The van der Waals surface area contributed by atoms with Crippen molar-refractivity contribution >= 4 is 11.8 Å². The van der Waals surface area contributed by atoms with Crippen molar-refractivity contribution in [1.29, 1.82) is 0 Å². The van der Waals surface area contributed by atoms with Crippen molar-refractivity contribution in [2.45, 2.75) is 26.7 Å². The van der Waals surface area contributed by atoms with E-state index in [4.69, 9.17) is 0 Å². The average Bonchev–Trinajstić information content (AvgIpc) is 2.48. The van der Waals surface area contributed by atoms with Gasteiger partial charge in [-0.2, -0.15) is 0 Å². The number of aliphatic hydroxyl groups is 1. The van der Waals surface area contributed by atoms with E-state index in [9.17, 15) is 9.90 Å². The second-order valence-corrected chi connectivity index (χ2v) is 4.50. The fraction of sp³-hybridized carbons (Fsp3) is 0.615. The SMILES string of the molecule is CCC(CC)(CO)CNc1cncc(C(=O)OC)n1. The van der Waals surface area contributed by atoms with Gasteiger partial charge in [0, 0.05) is 12.0 Å². The van der Waals surface area contributed by atoms with Crippen molar-refractivity contribution in [3.8, 4) is 0 Å². The van der Waals surface area contributed by atoms with Crippen LogP contribution >= 0.6 is 0 Å². The van der Waals surface area contributed by atoms with E-state index in [2.05, 4.69) is 20.0 Å². The average molecular weight is 267 g/mol. The van der Waals surface area contributed by atoms with Crippen LogP contribution in [0, 0.1) is 5.41 Å². The third-order valence-corrected chi connectivity index (χ3v) is 3.51. The molecule has 0 bridgehead atoms. The van der Waals surface area contributed by atoms with Crippen LogP contribution in [0.2, 0.25) is 0 Å². The summed E-state index contributed by atoms with van der Waals surface area (Å²) in [6.45, 7) is 4.77. The molecular formula is C13H21N3O3. The molecule has 1 heterocycles. The number of aromatic nitrogens is 2. The highest BCUT2D eigenvalue weighted by Crippen LogP contribution is 2.25. The molecule has 106 valence electrons. The second kappa shape index (κ2) is 7.04. The monoisotopic (exact) mass is 267 g/mol. The molecule has 1 aromatic heterocycles. The Morgan fingerprint density at radius 1 is 1.42 bits per heavy atom. The first-order valence-corrected chi connectivity index (χ1v) is 6.36. The zero-order valence-corrected chi connectivity index (χ0v) is 11.6. The van der Waals surface area contributed by atoms with Gasteiger partial charge in [0.15, 0.2) is 5.69 Å². The van der Waals surface area contributed by atoms with Crippen molar-refractivity contribution in [3.63, 3.8) is 0 Å². The van der Waals surface area contributed by atoms with Crippen LogP contribution in [0.5, 0.6) is 0 Å². The molecule has 1 aromatic rings. The minimum Gasteiger partial charge on any atom is -0.464 e. The largest absolute Gasteiger partial charge is 0.464 e. The number of esters is 1. The van der Waals surface area contributed by atoms with Gasteiger partial charge < -0.3 is 15.2 Å². The molecule has 0 saturated heterocycles. The molecule has 0 radical (unpaired) electrons. The Morgan fingerprint density at radius 3 is 2.63 bits per heavy atom. The molecule has 6 heteroatoms. The predicted molar refractivity (Wildman–Crippen MR) is 72.0 cm³/mol. The van der Waals surface area contributed by atoms with Gasteiger partial charge in [-0.1, -0.05) is 13.8 Å². The molecule has 19 heavy (non-hydrogen) atoms. The first-order chi connectivity index (χ1) is 9.10. The lowest BCUT2D eigenvalue weighted by molar-refractivity contribution is 0.0593. The first kappa shape index (κ1) is 15.4. The molecule has 0 aromatic carbocycles. The van der Waals surface area contributed by atoms with Crippen LogP contribution in [0.3, 0.4) is 0 Å². The third kappa shape index (κ3) is 3.89. The highest BCUT2D eigenvalue weighted by molar-refractivity contribution is 5.87. The van der Waals surface area contributed by atoms with Gasteiger partial charge in [0.05, 0.1) is 26.1 Å². The normalized spacial score (nSPS) is 11.2. The molecule has 0 saturated carbocycles. The second-order valence-electron chi connectivity index (χ2n) is 4.50. The molecule has 0 aliphatic heterocycles. The molecule has 6 nitrogen and oxygen atoms in total. The van der Waals surface area contributed by atoms with Crippen molar-refractivity contribution in [3.05, 3.63) is 18.1 Å². The summed E-state index contributed by atoms with van der Waals surface area (Å²) in [5, 5.41) is 12.6. The van der Waals surface area contributed by atoms with Crippen LogP contribution in [0.4, 0.5) is 5.82 Å². The van der Waals surface area contributed by atoms with E-state index >= 15 is 0 Å². The molecule has 0 atom stereocenters. The van der Waals surface area contributed by atoms with Gasteiger partial charge in [-0.05, 0) is 12.8 Å². The number of carbonyl (C=O) groups excluding carboxylic acids is 1. The molecule has 0 amide bonds. The number of anilines is 1. The maximum Gasteiger partial charge on any atom is 0.358 e. The molecule has 0 unspecified atom stereocenters. The summed E-state index contributed by atoms with van der Waals surface area (Å²) in [4.78, 5) is 19.4. The Balaban J connectivity index is 2.75. The summed E-state index contributed by atoms with van der Waals surface area (Å²) >= 11 is 0. The van der Waals surface area contributed by atoms with Gasteiger partial charge in [0.25, 0.3) is 0 Å². The first-order valence-electron chi connectivity index (χ1n) is 6.36. The minimum atomic E-state index is -0.518. The highest BCUT2D eigenvalue weighted by Gasteiger charge is 2.25. The Hall–Kier alpha value is -1.69. The molecule has 0 spiro atoms. The number of ether oxygens (including phenoxy) is 1. The van der Waals surface area contributed by atoms with Crippen LogP contribution in [-0.4, -0.2) is 41.3 Å². The van der Waals surface area contributed by atoms with Crippen LogP contribution in [-0.2, 0) is 4.74 Å².